The predicted molar refractivity (Wildman–Crippen MR) is 148 cm³/mol. The minimum atomic E-state index is -3.59. The van der Waals surface area contributed by atoms with E-state index in [0.29, 0.717) is 50.0 Å². The minimum Gasteiger partial charge on any atom is -0.508 e. The first-order valence-electron chi connectivity index (χ1n) is 13.5. The third-order valence-corrected chi connectivity index (χ3v) is 8.61. The Bertz CT molecular complexity index is 1080. The molecule has 0 bridgehead atoms. The molecule has 38 heavy (non-hydrogen) atoms. The fraction of sp³-hybridized carbons (Fsp3) is 0.536. The molecule has 1 aliphatic heterocycles. The van der Waals surface area contributed by atoms with Crippen molar-refractivity contribution in [3.8, 4) is 11.5 Å². The van der Waals surface area contributed by atoms with E-state index in [0.717, 1.165) is 38.5 Å². The van der Waals surface area contributed by atoms with Crippen molar-refractivity contribution in [1.82, 2.24) is 9.62 Å². The van der Waals surface area contributed by atoms with E-state index in [2.05, 4.69) is 17.6 Å². The van der Waals surface area contributed by atoms with Gasteiger partial charge >= 0.3 is 0 Å². The van der Waals surface area contributed by atoms with Gasteiger partial charge in [0.15, 0.2) is 0 Å². The highest BCUT2D eigenvalue weighted by atomic mass is 32.2. The summed E-state index contributed by atoms with van der Waals surface area (Å²) in [6, 6.07) is 12.7. The number of nitrogens with one attached hydrogen (secondary N) is 2. The molecule has 0 saturated carbocycles. The van der Waals surface area contributed by atoms with Crippen LogP contribution in [0.15, 0.2) is 53.4 Å². The number of hydrogen-bond donors (Lipinski definition) is 4. The maximum absolute atomic E-state index is 13.1. The standard InChI is InChI=1S/C28H41N3O6S/c1-2-3-4-5-6-28(34)30-23-7-13-27(14-8-23)38(35,36)31-17-15-22(16-18-31)19-29-20-25(33)21-37-26-11-9-24(32)10-12-26/h7-14,22,25,29,32-33H,2-6,15-21H2,1H3,(H,30,34)/t25-/m0/s1. The minimum absolute atomic E-state index is 0.0511. The molecule has 1 heterocycles. The van der Waals surface area contributed by atoms with Crippen LogP contribution in [0.3, 0.4) is 0 Å². The zero-order chi connectivity index (χ0) is 27.4. The van der Waals surface area contributed by atoms with Crippen LogP contribution in [-0.4, -0.2) is 67.7 Å². The third kappa shape index (κ3) is 9.58. The smallest absolute Gasteiger partial charge is 0.243 e. The van der Waals surface area contributed by atoms with Crippen LogP contribution in [0.1, 0.15) is 51.9 Å². The molecular formula is C28H41N3O6S. The summed E-state index contributed by atoms with van der Waals surface area (Å²) in [5, 5.41) is 25.5. The number of aromatic hydroxyl groups is 1. The summed E-state index contributed by atoms with van der Waals surface area (Å²) in [5.41, 5.74) is 0.602. The van der Waals surface area contributed by atoms with Gasteiger partial charge in [-0.25, -0.2) is 8.42 Å². The molecule has 1 aliphatic rings. The summed E-state index contributed by atoms with van der Waals surface area (Å²) in [6.07, 6.45) is 5.39. The average Bonchev–Trinajstić information content (AvgIpc) is 2.91. The second kappa shape index (κ2) is 15.1. The quantitative estimate of drug-likeness (QED) is 0.250. The van der Waals surface area contributed by atoms with Crippen molar-refractivity contribution in [2.45, 2.75) is 62.9 Å². The van der Waals surface area contributed by atoms with Gasteiger partial charge in [-0.2, -0.15) is 4.31 Å². The van der Waals surface area contributed by atoms with Crippen molar-refractivity contribution in [3.05, 3.63) is 48.5 Å². The van der Waals surface area contributed by atoms with Crippen LogP contribution in [0.25, 0.3) is 0 Å². The lowest BCUT2D eigenvalue weighted by atomic mass is 9.98. The number of phenolic OH excluding ortho intramolecular Hbond substituents is 1. The van der Waals surface area contributed by atoms with Gasteiger partial charge in [0.2, 0.25) is 15.9 Å². The fourth-order valence-electron chi connectivity index (χ4n) is 4.40. The number of aliphatic hydroxyl groups excluding tert-OH is 1. The molecular weight excluding hydrogens is 506 g/mol. The largest absolute Gasteiger partial charge is 0.508 e. The summed E-state index contributed by atoms with van der Waals surface area (Å²) in [7, 11) is -3.59. The number of hydrogen-bond acceptors (Lipinski definition) is 7. The summed E-state index contributed by atoms with van der Waals surface area (Å²) in [5.74, 6) is 1.00. The van der Waals surface area contributed by atoms with Gasteiger partial charge in [0, 0.05) is 31.7 Å². The van der Waals surface area contributed by atoms with Crippen LogP contribution in [0.5, 0.6) is 11.5 Å². The van der Waals surface area contributed by atoms with Gasteiger partial charge in [-0.05, 0) is 80.3 Å². The number of carbonyl (C=O) groups excluding carboxylic acids is 1. The molecule has 0 unspecified atom stereocenters. The molecule has 0 aliphatic carbocycles. The molecule has 210 valence electrons. The van der Waals surface area contributed by atoms with Crippen LogP contribution in [0, 0.1) is 5.92 Å². The Morgan fingerprint density at radius 3 is 2.39 bits per heavy atom. The number of phenols is 1. The number of piperidine rings is 1. The van der Waals surface area contributed by atoms with Crippen molar-refractivity contribution >= 4 is 21.6 Å². The van der Waals surface area contributed by atoms with Crippen LogP contribution >= 0.6 is 0 Å². The first-order chi connectivity index (χ1) is 18.3. The molecule has 2 aromatic rings. The summed E-state index contributed by atoms with van der Waals surface area (Å²) in [6.45, 7) is 4.21. The van der Waals surface area contributed by atoms with Crippen LogP contribution in [-0.2, 0) is 14.8 Å². The third-order valence-electron chi connectivity index (χ3n) is 6.70. The second-order valence-corrected chi connectivity index (χ2v) is 11.8. The SMILES string of the molecule is CCCCCCC(=O)Nc1ccc(S(=O)(=O)N2CCC(CNC[C@H](O)COc3ccc(O)cc3)CC2)cc1. The summed E-state index contributed by atoms with van der Waals surface area (Å²) in [4.78, 5) is 12.3. The zero-order valence-corrected chi connectivity index (χ0v) is 23.0. The first-order valence-corrected chi connectivity index (χ1v) is 14.9. The van der Waals surface area contributed by atoms with E-state index in [1.807, 2.05) is 0 Å². The van der Waals surface area contributed by atoms with Gasteiger partial charge in [-0.3, -0.25) is 4.79 Å². The monoisotopic (exact) mass is 547 g/mol. The van der Waals surface area contributed by atoms with Gasteiger partial charge in [0.1, 0.15) is 24.2 Å². The summed E-state index contributed by atoms with van der Waals surface area (Å²) < 4.78 is 33.2. The molecule has 0 radical (unpaired) electrons. The van der Waals surface area contributed by atoms with Crippen LogP contribution in [0.4, 0.5) is 5.69 Å². The Kier molecular flexibility index (Phi) is 11.8. The van der Waals surface area contributed by atoms with E-state index >= 15 is 0 Å². The molecule has 1 atom stereocenters. The lowest BCUT2D eigenvalue weighted by Gasteiger charge is -2.31. The van der Waals surface area contributed by atoms with Gasteiger partial charge in [0.25, 0.3) is 0 Å². The Labute approximate surface area is 226 Å². The number of ether oxygens (including phenoxy) is 1. The van der Waals surface area contributed by atoms with E-state index in [1.165, 1.54) is 16.4 Å². The molecule has 3 rings (SSSR count). The first kappa shape index (κ1) is 29.9. The molecule has 1 fully saturated rings. The average molecular weight is 548 g/mol. The van der Waals surface area contributed by atoms with E-state index in [1.54, 1.807) is 36.4 Å². The highest BCUT2D eigenvalue weighted by molar-refractivity contribution is 7.89. The number of carbonyl (C=O) groups is 1. The maximum Gasteiger partial charge on any atom is 0.243 e. The lowest BCUT2D eigenvalue weighted by molar-refractivity contribution is -0.116. The number of unbranched alkanes of at least 4 members (excludes halogenated alkanes) is 3. The Balaban J connectivity index is 1.36. The Morgan fingerprint density at radius 2 is 1.74 bits per heavy atom. The number of sulfonamides is 1. The molecule has 10 heteroatoms. The van der Waals surface area contributed by atoms with Crippen LogP contribution < -0.4 is 15.4 Å². The highest BCUT2D eigenvalue weighted by Gasteiger charge is 2.29. The number of rotatable bonds is 15. The highest BCUT2D eigenvalue weighted by Crippen LogP contribution is 2.25. The number of amides is 1. The van der Waals surface area contributed by atoms with E-state index < -0.39 is 16.1 Å². The Morgan fingerprint density at radius 1 is 1.05 bits per heavy atom. The number of anilines is 1. The van der Waals surface area contributed by atoms with Gasteiger partial charge < -0.3 is 25.6 Å². The molecule has 1 saturated heterocycles. The lowest BCUT2D eigenvalue weighted by Crippen LogP contribution is -2.42. The molecule has 1 amide bonds. The van der Waals surface area contributed by atoms with Crippen molar-refractivity contribution < 1.29 is 28.2 Å². The van der Waals surface area contributed by atoms with E-state index in [4.69, 9.17) is 4.74 Å². The van der Waals surface area contributed by atoms with E-state index in [9.17, 15) is 23.4 Å². The second-order valence-electron chi connectivity index (χ2n) is 9.85. The zero-order valence-electron chi connectivity index (χ0n) is 22.1. The van der Waals surface area contributed by atoms with Crippen molar-refractivity contribution in [2.24, 2.45) is 5.92 Å². The molecule has 0 aromatic heterocycles. The number of aliphatic hydroxyl groups is 1. The molecule has 4 N–H and O–H groups in total. The number of benzene rings is 2. The molecule has 0 spiro atoms. The van der Waals surface area contributed by atoms with Crippen molar-refractivity contribution in [2.75, 3.05) is 38.1 Å². The topological polar surface area (TPSA) is 128 Å². The molecule has 9 nitrogen and oxygen atoms in total. The van der Waals surface area contributed by atoms with Crippen molar-refractivity contribution in [3.63, 3.8) is 0 Å². The van der Waals surface area contributed by atoms with Crippen LogP contribution in [0.2, 0.25) is 0 Å². The normalized spacial score (nSPS) is 15.7. The number of nitrogens with zero attached hydrogens (tertiary/aromatic N) is 1. The van der Waals surface area contributed by atoms with Gasteiger partial charge in [-0.1, -0.05) is 26.2 Å². The van der Waals surface area contributed by atoms with E-state index in [-0.39, 0.29) is 23.2 Å². The molecule has 2 aromatic carbocycles. The predicted octanol–water partition coefficient (Wildman–Crippen LogP) is 3.73. The fourth-order valence-corrected chi connectivity index (χ4v) is 5.87. The summed E-state index contributed by atoms with van der Waals surface area (Å²) >= 11 is 0. The maximum atomic E-state index is 13.1. The van der Waals surface area contributed by atoms with Gasteiger partial charge in [0.05, 0.1) is 4.90 Å². The van der Waals surface area contributed by atoms with Gasteiger partial charge in [-0.15, -0.1) is 0 Å². The van der Waals surface area contributed by atoms with Crippen molar-refractivity contribution in [1.29, 1.82) is 0 Å². The Hall–Kier alpha value is -2.66.